The van der Waals surface area contributed by atoms with Crippen LogP contribution in [0.3, 0.4) is 0 Å². The van der Waals surface area contributed by atoms with Crippen LogP contribution in [-0.2, 0) is 9.59 Å². The van der Waals surface area contributed by atoms with Gasteiger partial charge in [0.15, 0.2) is 0 Å². The van der Waals surface area contributed by atoms with E-state index in [2.05, 4.69) is 10.6 Å². The summed E-state index contributed by atoms with van der Waals surface area (Å²) in [5, 5.41) is 5.79. The van der Waals surface area contributed by atoms with Gasteiger partial charge in [-0.05, 0) is 60.4 Å². The molecule has 0 aromatic heterocycles. The minimum atomic E-state index is -0.205. The third-order valence-corrected chi connectivity index (χ3v) is 4.54. The maximum Gasteiger partial charge on any atom is 0.248 e. The monoisotopic (exact) mass is 396 g/mol. The van der Waals surface area contributed by atoms with E-state index in [1.807, 2.05) is 86.6 Å². The first kappa shape index (κ1) is 20.8. The number of anilines is 2. The molecule has 0 aliphatic rings. The second kappa shape index (κ2) is 10.0. The van der Waals surface area contributed by atoms with Crippen LogP contribution in [-0.4, -0.2) is 11.8 Å². The molecule has 4 nitrogen and oxygen atoms in total. The van der Waals surface area contributed by atoms with Crippen molar-refractivity contribution in [1.82, 2.24) is 0 Å². The number of hydrogen-bond donors (Lipinski definition) is 2. The molecule has 0 atom stereocenters. The molecule has 0 fully saturated rings. The first-order valence-electron chi connectivity index (χ1n) is 9.71. The average molecular weight is 396 g/mol. The van der Waals surface area contributed by atoms with Crippen molar-refractivity contribution in [2.75, 3.05) is 10.6 Å². The van der Waals surface area contributed by atoms with Crippen molar-refractivity contribution < 1.29 is 9.59 Å². The Labute approximate surface area is 177 Å². The lowest BCUT2D eigenvalue weighted by molar-refractivity contribution is -0.112. The van der Waals surface area contributed by atoms with Gasteiger partial charge in [-0.1, -0.05) is 60.7 Å². The van der Waals surface area contributed by atoms with Crippen LogP contribution in [0, 0.1) is 13.8 Å². The van der Waals surface area contributed by atoms with Gasteiger partial charge in [0.1, 0.15) is 0 Å². The Morgan fingerprint density at radius 2 is 1.00 bits per heavy atom. The van der Waals surface area contributed by atoms with Gasteiger partial charge in [0.2, 0.25) is 11.8 Å². The van der Waals surface area contributed by atoms with E-state index >= 15 is 0 Å². The molecule has 3 aromatic rings. The molecule has 0 aliphatic heterocycles. The summed E-state index contributed by atoms with van der Waals surface area (Å²) in [5.41, 5.74) is 5.08. The van der Waals surface area contributed by atoms with E-state index in [0.717, 1.165) is 22.3 Å². The van der Waals surface area contributed by atoms with Gasteiger partial charge < -0.3 is 10.6 Å². The molecule has 0 spiro atoms. The SMILES string of the molecule is Cc1cc(NC(=O)/C=C/c2ccccc2)c(C)cc1NC(=O)/C=C/c1ccccc1. The number of nitrogens with one attached hydrogen (secondary N) is 2. The van der Waals surface area contributed by atoms with Crippen LogP contribution in [0.4, 0.5) is 11.4 Å². The summed E-state index contributed by atoms with van der Waals surface area (Å²) in [4.78, 5) is 24.5. The fourth-order valence-corrected chi connectivity index (χ4v) is 2.91. The lowest BCUT2D eigenvalue weighted by Crippen LogP contribution is -2.12. The van der Waals surface area contributed by atoms with E-state index in [1.165, 1.54) is 12.2 Å². The molecule has 0 unspecified atom stereocenters. The number of rotatable bonds is 6. The Kier molecular flexibility index (Phi) is 6.95. The van der Waals surface area contributed by atoms with Gasteiger partial charge in [-0.15, -0.1) is 0 Å². The molecule has 0 aliphatic carbocycles. The average Bonchev–Trinajstić information content (AvgIpc) is 2.76. The van der Waals surface area contributed by atoms with E-state index in [1.54, 1.807) is 12.2 Å². The smallest absolute Gasteiger partial charge is 0.248 e. The third-order valence-electron chi connectivity index (χ3n) is 4.54. The van der Waals surface area contributed by atoms with Gasteiger partial charge in [-0.3, -0.25) is 9.59 Å². The topological polar surface area (TPSA) is 58.2 Å². The minimum absolute atomic E-state index is 0.205. The largest absolute Gasteiger partial charge is 0.322 e. The van der Waals surface area contributed by atoms with Crippen LogP contribution in [0.15, 0.2) is 84.9 Å². The molecule has 0 saturated heterocycles. The molecule has 0 heterocycles. The molecule has 0 saturated carbocycles. The highest BCUT2D eigenvalue weighted by Gasteiger charge is 2.08. The maximum absolute atomic E-state index is 12.3. The molecule has 0 radical (unpaired) electrons. The van der Waals surface area contributed by atoms with Crippen molar-refractivity contribution in [3.05, 3.63) is 107 Å². The van der Waals surface area contributed by atoms with Gasteiger partial charge in [0.05, 0.1) is 0 Å². The standard InChI is InChI=1S/C26H24N2O2/c1-19-17-24(28-26(30)16-14-22-11-7-4-8-12-22)20(2)18-23(19)27-25(29)15-13-21-9-5-3-6-10-21/h3-18H,1-2H3,(H,27,29)(H,28,30)/b15-13+,16-14+. The highest BCUT2D eigenvalue weighted by molar-refractivity contribution is 6.04. The van der Waals surface area contributed by atoms with Crippen molar-refractivity contribution in [3.63, 3.8) is 0 Å². The molecule has 150 valence electrons. The van der Waals surface area contributed by atoms with Crippen molar-refractivity contribution in [2.24, 2.45) is 0 Å². The summed E-state index contributed by atoms with van der Waals surface area (Å²) in [6, 6.07) is 23.0. The summed E-state index contributed by atoms with van der Waals surface area (Å²) in [7, 11) is 0. The number of carbonyl (C=O) groups excluding carboxylic acids is 2. The Balaban J connectivity index is 1.64. The zero-order valence-corrected chi connectivity index (χ0v) is 17.1. The predicted octanol–water partition coefficient (Wildman–Crippen LogP) is 5.61. The Hall–Kier alpha value is -3.92. The van der Waals surface area contributed by atoms with Crippen LogP contribution in [0.25, 0.3) is 12.2 Å². The summed E-state index contributed by atoms with van der Waals surface area (Å²) in [6.45, 7) is 3.79. The quantitative estimate of drug-likeness (QED) is 0.532. The fraction of sp³-hybridized carbons (Fsp3) is 0.0769. The highest BCUT2D eigenvalue weighted by atomic mass is 16.2. The molecule has 30 heavy (non-hydrogen) atoms. The number of amides is 2. The Morgan fingerprint density at radius 1 is 0.633 bits per heavy atom. The molecule has 3 rings (SSSR count). The summed E-state index contributed by atoms with van der Waals surface area (Å²) < 4.78 is 0. The van der Waals surface area contributed by atoms with E-state index in [-0.39, 0.29) is 11.8 Å². The molecular formula is C26H24N2O2. The van der Waals surface area contributed by atoms with Crippen LogP contribution in [0.1, 0.15) is 22.3 Å². The third kappa shape index (κ3) is 6.04. The first-order valence-corrected chi connectivity index (χ1v) is 9.71. The molecule has 3 aromatic carbocycles. The summed E-state index contributed by atoms with van der Waals surface area (Å²) in [6.07, 6.45) is 6.55. The van der Waals surface area contributed by atoms with Gasteiger partial charge >= 0.3 is 0 Å². The zero-order chi connectivity index (χ0) is 21.3. The zero-order valence-electron chi connectivity index (χ0n) is 17.1. The van der Waals surface area contributed by atoms with Crippen molar-refractivity contribution in [2.45, 2.75) is 13.8 Å². The van der Waals surface area contributed by atoms with E-state index in [9.17, 15) is 9.59 Å². The van der Waals surface area contributed by atoms with Crippen LogP contribution in [0.5, 0.6) is 0 Å². The molecule has 0 bridgehead atoms. The number of hydrogen-bond acceptors (Lipinski definition) is 2. The molecular weight excluding hydrogens is 372 g/mol. The maximum atomic E-state index is 12.3. The fourth-order valence-electron chi connectivity index (χ4n) is 2.91. The van der Waals surface area contributed by atoms with Crippen molar-refractivity contribution in [1.29, 1.82) is 0 Å². The number of carbonyl (C=O) groups is 2. The summed E-state index contributed by atoms with van der Waals surface area (Å²) >= 11 is 0. The minimum Gasteiger partial charge on any atom is -0.322 e. The van der Waals surface area contributed by atoms with Gasteiger partial charge in [0, 0.05) is 23.5 Å². The highest BCUT2D eigenvalue weighted by Crippen LogP contribution is 2.24. The van der Waals surface area contributed by atoms with Crippen molar-refractivity contribution in [3.8, 4) is 0 Å². The first-order chi connectivity index (χ1) is 14.5. The van der Waals surface area contributed by atoms with Crippen molar-refractivity contribution >= 4 is 35.3 Å². The van der Waals surface area contributed by atoms with Crippen LogP contribution < -0.4 is 10.6 Å². The summed E-state index contributed by atoms with van der Waals surface area (Å²) in [5.74, 6) is -0.409. The van der Waals surface area contributed by atoms with E-state index < -0.39 is 0 Å². The number of benzene rings is 3. The number of aryl methyl sites for hydroxylation is 2. The normalized spacial score (nSPS) is 11.0. The van der Waals surface area contributed by atoms with E-state index in [4.69, 9.17) is 0 Å². The Morgan fingerprint density at radius 3 is 1.37 bits per heavy atom. The lowest BCUT2D eigenvalue weighted by atomic mass is 10.1. The molecule has 2 amide bonds. The Bertz CT molecular complexity index is 996. The van der Waals surface area contributed by atoms with Gasteiger partial charge in [0.25, 0.3) is 0 Å². The molecule has 4 heteroatoms. The van der Waals surface area contributed by atoms with Gasteiger partial charge in [-0.25, -0.2) is 0 Å². The van der Waals surface area contributed by atoms with E-state index in [0.29, 0.717) is 11.4 Å². The molecule has 2 N–H and O–H groups in total. The van der Waals surface area contributed by atoms with Gasteiger partial charge in [-0.2, -0.15) is 0 Å². The van der Waals surface area contributed by atoms with Crippen LogP contribution in [0.2, 0.25) is 0 Å². The second-order valence-corrected chi connectivity index (χ2v) is 6.95. The second-order valence-electron chi connectivity index (χ2n) is 6.95. The van der Waals surface area contributed by atoms with Crippen LogP contribution >= 0.6 is 0 Å². The predicted molar refractivity (Wildman–Crippen MR) is 124 cm³/mol. The lowest BCUT2D eigenvalue weighted by Gasteiger charge is -2.13.